The summed E-state index contributed by atoms with van der Waals surface area (Å²) in [4.78, 5) is 48.4. The summed E-state index contributed by atoms with van der Waals surface area (Å²) in [5.74, 6) is 0.922. The lowest BCUT2D eigenvalue weighted by atomic mass is 10.1. The highest BCUT2D eigenvalue weighted by atomic mass is 32.1. The van der Waals surface area contributed by atoms with Crippen LogP contribution in [0.3, 0.4) is 0 Å². The molecule has 1 saturated heterocycles. The third-order valence-corrected chi connectivity index (χ3v) is 7.90. The zero-order valence-electron chi connectivity index (χ0n) is 18.9. The third-order valence-electron chi connectivity index (χ3n) is 6.72. The fraction of sp³-hybridized carbons (Fsp3) is 0.440. The summed E-state index contributed by atoms with van der Waals surface area (Å²) in [5, 5.41) is 0.584. The van der Waals surface area contributed by atoms with Crippen molar-refractivity contribution in [2.45, 2.75) is 45.6 Å². The van der Waals surface area contributed by atoms with E-state index >= 15 is 0 Å². The second-order valence-electron chi connectivity index (χ2n) is 8.84. The van der Waals surface area contributed by atoms with Crippen molar-refractivity contribution in [2.24, 2.45) is 0 Å². The van der Waals surface area contributed by atoms with Crippen LogP contribution in [0, 0.1) is 6.92 Å². The van der Waals surface area contributed by atoms with Crippen molar-refractivity contribution < 1.29 is 9.59 Å². The molecule has 4 heterocycles. The maximum atomic E-state index is 13.3. The van der Waals surface area contributed by atoms with E-state index in [1.807, 2.05) is 30.0 Å². The predicted octanol–water partition coefficient (Wildman–Crippen LogP) is 3.02. The minimum atomic E-state index is -0.0590. The third kappa shape index (κ3) is 4.19. The summed E-state index contributed by atoms with van der Waals surface area (Å²) in [6.45, 7) is 4.68. The molecule has 5 rings (SSSR count). The smallest absolute Gasteiger partial charge is 0.264 e. The van der Waals surface area contributed by atoms with Crippen molar-refractivity contribution in [2.75, 3.05) is 26.2 Å². The summed E-state index contributed by atoms with van der Waals surface area (Å²) >= 11 is 1.33. The van der Waals surface area contributed by atoms with Gasteiger partial charge in [0.1, 0.15) is 10.7 Å². The van der Waals surface area contributed by atoms with Gasteiger partial charge in [-0.3, -0.25) is 19.0 Å². The van der Waals surface area contributed by atoms with E-state index in [2.05, 4.69) is 17.1 Å². The molecule has 0 radical (unpaired) electrons. The number of carbonyl (C=O) groups excluding carboxylic acids is 2. The first-order chi connectivity index (χ1) is 16.0. The van der Waals surface area contributed by atoms with Crippen molar-refractivity contribution in [1.29, 1.82) is 0 Å². The van der Waals surface area contributed by atoms with Crippen LogP contribution < -0.4 is 5.56 Å². The molecule has 0 aliphatic carbocycles. The van der Waals surface area contributed by atoms with E-state index in [-0.39, 0.29) is 17.4 Å². The Labute approximate surface area is 196 Å². The number of rotatable bonds is 5. The number of benzene rings is 1. The summed E-state index contributed by atoms with van der Waals surface area (Å²) in [6, 6.07) is 10.2. The largest absolute Gasteiger partial charge is 0.339 e. The number of amides is 2. The van der Waals surface area contributed by atoms with Gasteiger partial charge in [0.25, 0.3) is 11.5 Å². The highest BCUT2D eigenvalue weighted by Crippen LogP contribution is 2.30. The molecule has 0 bridgehead atoms. The Kier molecular flexibility index (Phi) is 6.01. The van der Waals surface area contributed by atoms with Gasteiger partial charge in [-0.05, 0) is 37.3 Å². The van der Waals surface area contributed by atoms with E-state index in [1.54, 1.807) is 9.47 Å². The van der Waals surface area contributed by atoms with Crippen molar-refractivity contribution in [3.63, 3.8) is 0 Å². The predicted molar refractivity (Wildman–Crippen MR) is 129 cm³/mol. The molecule has 172 valence electrons. The molecule has 3 aromatic rings. The number of carbonyl (C=O) groups is 2. The topological polar surface area (TPSA) is 75.5 Å². The maximum absolute atomic E-state index is 13.3. The fourth-order valence-electron chi connectivity index (χ4n) is 4.83. The highest BCUT2D eigenvalue weighted by Gasteiger charge is 2.29. The normalized spacial score (nSPS) is 15.8. The molecular formula is C25H28N4O3S. The SMILES string of the molecule is Cc1c(C(=O)N2CCN(C(=O)CCCc3ccccc3)CC2)sc2nc3n(c(=O)c12)CCC3. The van der Waals surface area contributed by atoms with Gasteiger partial charge in [-0.2, -0.15) is 0 Å². The van der Waals surface area contributed by atoms with E-state index in [1.165, 1.54) is 16.9 Å². The second-order valence-corrected chi connectivity index (χ2v) is 9.84. The highest BCUT2D eigenvalue weighted by molar-refractivity contribution is 7.20. The lowest BCUT2D eigenvalue weighted by molar-refractivity contribution is -0.132. The van der Waals surface area contributed by atoms with Crippen LogP contribution in [0.25, 0.3) is 10.2 Å². The van der Waals surface area contributed by atoms with Gasteiger partial charge in [-0.1, -0.05) is 30.3 Å². The first kappa shape index (κ1) is 21.8. The molecule has 33 heavy (non-hydrogen) atoms. The van der Waals surface area contributed by atoms with Crippen LogP contribution in [0.2, 0.25) is 0 Å². The van der Waals surface area contributed by atoms with Gasteiger partial charge in [-0.15, -0.1) is 11.3 Å². The number of aryl methyl sites for hydroxylation is 3. The Morgan fingerprint density at radius 3 is 2.52 bits per heavy atom. The lowest BCUT2D eigenvalue weighted by Crippen LogP contribution is -2.50. The molecule has 1 fully saturated rings. The number of nitrogens with zero attached hydrogens (tertiary/aromatic N) is 4. The molecule has 7 nitrogen and oxygen atoms in total. The molecule has 0 N–H and O–H groups in total. The minimum Gasteiger partial charge on any atom is -0.339 e. The van der Waals surface area contributed by atoms with Crippen LogP contribution in [-0.4, -0.2) is 57.3 Å². The Bertz CT molecular complexity index is 1260. The van der Waals surface area contributed by atoms with Crippen LogP contribution in [0.15, 0.2) is 35.1 Å². The summed E-state index contributed by atoms with van der Waals surface area (Å²) in [7, 11) is 0. The average Bonchev–Trinajstić information content (AvgIpc) is 3.44. The van der Waals surface area contributed by atoms with Crippen LogP contribution in [0.1, 0.15) is 45.9 Å². The van der Waals surface area contributed by atoms with Crippen molar-refractivity contribution in [1.82, 2.24) is 19.4 Å². The van der Waals surface area contributed by atoms with Crippen molar-refractivity contribution in [3.05, 3.63) is 62.5 Å². The fourth-order valence-corrected chi connectivity index (χ4v) is 5.99. The molecule has 2 aromatic heterocycles. The van der Waals surface area contributed by atoms with Crippen LogP contribution in [0.5, 0.6) is 0 Å². The maximum Gasteiger partial charge on any atom is 0.264 e. The van der Waals surface area contributed by atoms with Gasteiger partial charge in [0, 0.05) is 45.6 Å². The van der Waals surface area contributed by atoms with E-state index in [0.29, 0.717) is 54.2 Å². The molecule has 1 aromatic carbocycles. The molecule has 8 heteroatoms. The lowest BCUT2D eigenvalue weighted by Gasteiger charge is -2.34. The Balaban J connectivity index is 1.21. The van der Waals surface area contributed by atoms with E-state index < -0.39 is 0 Å². The average molecular weight is 465 g/mol. The summed E-state index contributed by atoms with van der Waals surface area (Å²) < 4.78 is 1.75. The molecular weight excluding hydrogens is 436 g/mol. The number of fused-ring (bicyclic) bond motifs is 2. The standard InChI is InChI=1S/C25H28N4O3S/c1-17-21-23(26-19-10-6-12-29(19)24(21)31)33-22(17)25(32)28-15-13-27(14-16-28)20(30)11-5-9-18-7-3-2-4-8-18/h2-4,7-8H,5-6,9-16H2,1H3. The first-order valence-electron chi connectivity index (χ1n) is 11.7. The molecule has 2 aliphatic heterocycles. The Morgan fingerprint density at radius 2 is 1.76 bits per heavy atom. The first-order valence-corrected chi connectivity index (χ1v) is 12.5. The quantitative estimate of drug-likeness (QED) is 0.582. The van der Waals surface area contributed by atoms with Gasteiger partial charge in [0.15, 0.2) is 0 Å². The van der Waals surface area contributed by atoms with Crippen molar-refractivity contribution >= 4 is 33.4 Å². The van der Waals surface area contributed by atoms with Crippen LogP contribution in [0.4, 0.5) is 0 Å². The molecule has 0 atom stereocenters. The monoisotopic (exact) mass is 464 g/mol. The minimum absolute atomic E-state index is 0.0220. The molecule has 0 saturated carbocycles. The molecule has 2 aliphatic rings. The number of piperazine rings is 1. The van der Waals surface area contributed by atoms with Gasteiger partial charge >= 0.3 is 0 Å². The Morgan fingerprint density at radius 1 is 1.03 bits per heavy atom. The van der Waals surface area contributed by atoms with E-state index in [4.69, 9.17) is 0 Å². The molecule has 0 spiro atoms. The van der Waals surface area contributed by atoms with Crippen molar-refractivity contribution in [3.8, 4) is 0 Å². The van der Waals surface area contributed by atoms with Crippen LogP contribution >= 0.6 is 11.3 Å². The molecule has 0 unspecified atom stereocenters. The van der Waals surface area contributed by atoms with Crippen LogP contribution in [-0.2, 0) is 24.2 Å². The van der Waals surface area contributed by atoms with Gasteiger partial charge < -0.3 is 9.80 Å². The van der Waals surface area contributed by atoms with Gasteiger partial charge in [0.2, 0.25) is 5.91 Å². The number of hydrogen-bond donors (Lipinski definition) is 0. The summed E-state index contributed by atoms with van der Waals surface area (Å²) in [6.07, 6.45) is 4.01. The van der Waals surface area contributed by atoms with Gasteiger partial charge in [0.05, 0.1) is 10.3 Å². The summed E-state index contributed by atoms with van der Waals surface area (Å²) in [5.41, 5.74) is 1.96. The van der Waals surface area contributed by atoms with E-state index in [9.17, 15) is 14.4 Å². The number of thiophene rings is 1. The molecule has 2 amide bonds. The second kappa shape index (κ2) is 9.09. The number of hydrogen-bond acceptors (Lipinski definition) is 5. The number of aromatic nitrogens is 2. The van der Waals surface area contributed by atoms with Gasteiger partial charge in [-0.25, -0.2) is 4.98 Å². The van der Waals surface area contributed by atoms with E-state index in [0.717, 1.165) is 37.1 Å². The Hall–Kier alpha value is -3.00. The zero-order valence-corrected chi connectivity index (χ0v) is 19.7. The zero-order chi connectivity index (χ0) is 22.9.